The molecule has 88 valence electrons. The van der Waals surface area contributed by atoms with Crippen LogP contribution in [-0.4, -0.2) is 0 Å². The molecule has 0 N–H and O–H groups in total. The maximum Gasteiger partial charge on any atom is -0.00231 e. The zero-order chi connectivity index (χ0) is 12.3. The van der Waals surface area contributed by atoms with Gasteiger partial charge in [0.2, 0.25) is 0 Å². The van der Waals surface area contributed by atoms with Gasteiger partial charge in [0.25, 0.3) is 0 Å². The van der Waals surface area contributed by atoms with E-state index in [9.17, 15) is 0 Å². The second kappa shape index (κ2) is 5.18. The van der Waals surface area contributed by atoms with E-state index in [1.807, 2.05) is 0 Å². The van der Waals surface area contributed by atoms with Gasteiger partial charge in [-0.1, -0.05) is 62.4 Å². The Labute approximate surface area is 104 Å². The number of hydrogen-bond donors (Lipinski definition) is 0. The van der Waals surface area contributed by atoms with Crippen LogP contribution in [0.5, 0.6) is 0 Å². The van der Waals surface area contributed by atoms with Gasteiger partial charge in [-0.3, -0.25) is 0 Å². The number of aryl methyl sites for hydroxylation is 1. The first-order valence-electron chi connectivity index (χ1n) is 6.30. The third-order valence-corrected chi connectivity index (χ3v) is 3.30. The van der Waals surface area contributed by atoms with Crippen LogP contribution in [0.3, 0.4) is 0 Å². The van der Waals surface area contributed by atoms with E-state index < -0.39 is 0 Å². The van der Waals surface area contributed by atoms with Gasteiger partial charge < -0.3 is 0 Å². The zero-order valence-electron chi connectivity index (χ0n) is 10.9. The van der Waals surface area contributed by atoms with Crippen LogP contribution in [-0.2, 0) is 6.42 Å². The molecule has 2 aromatic carbocycles. The number of rotatable bonds is 3. The summed E-state index contributed by atoms with van der Waals surface area (Å²) in [6, 6.07) is 17.6. The zero-order valence-corrected chi connectivity index (χ0v) is 10.9. The predicted molar refractivity (Wildman–Crippen MR) is 74.5 cm³/mol. The summed E-state index contributed by atoms with van der Waals surface area (Å²) in [6.45, 7) is 6.64. The highest BCUT2D eigenvalue weighted by Crippen LogP contribution is 2.18. The van der Waals surface area contributed by atoms with Gasteiger partial charge in [-0.15, -0.1) is 0 Å². The van der Waals surface area contributed by atoms with E-state index in [1.165, 1.54) is 22.3 Å². The molecule has 0 unspecified atom stereocenters. The molecule has 0 saturated heterocycles. The summed E-state index contributed by atoms with van der Waals surface area (Å²) >= 11 is 0. The lowest BCUT2D eigenvalue weighted by Crippen LogP contribution is -1.93. The smallest absolute Gasteiger partial charge is 0.00231 e. The molecule has 0 amide bonds. The second-order valence-corrected chi connectivity index (χ2v) is 5.00. The van der Waals surface area contributed by atoms with E-state index in [-0.39, 0.29) is 0 Å². The highest BCUT2D eigenvalue weighted by atomic mass is 14.1. The average molecular weight is 224 g/mol. The summed E-state index contributed by atoms with van der Waals surface area (Å²) in [5.41, 5.74) is 5.60. The summed E-state index contributed by atoms with van der Waals surface area (Å²) < 4.78 is 0. The Morgan fingerprint density at radius 1 is 0.882 bits per heavy atom. The van der Waals surface area contributed by atoms with Crippen molar-refractivity contribution in [2.24, 2.45) is 0 Å². The van der Waals surface area contributed by atoms with E-state index in [2.05, 4.69) is 69.3 Å². The fourth-order valence-corrected chi connectivity index (χ4v) is 2.05. The van der Waals surface area contributed by atoms with Gasteiger partial charge in [0, 0.05) is 0 Å². The van der Waals surface area contributed by atoms with Crippen molar-refractivity contribution in [3.05, 3.63) is 70.8 Å². The van der Waals surface area contributed by atoms with Gasteiger partial charge in [-0.2, -0.15) is 0 Å². The quantitative estimate of drug-likeness (QED) is 0.708. The average Bonchev–Trinajstić information content (AvgIpc) is 2.33. The van der Waals surface area contributed by atoms with Gasteiger partial charge in [-0.05, 0) is 41.5 Å². The van der Waals surface area contributed by atoms with Gasteiger partial charge in [0.15, 0.2) is 0 Å². The van der Waals surface area contributed by atoms with Gasteiger partial charge in [0.05, 0.1) is 0 Å². The molecule has 0 bridgehead atoms. The molecule has 2 rings (SSSR count). The molecule has 0 heteroatoms. The van der Waals surface area contributed by atoms with Crippen molar-refractivity contribution in [3.63, 3.8) is 0 Å². The lowest BCUT2D eigenvalue weighted by Gasteiger charge is -2.08. The first-order chi connectivity index (χ1) is 8.16. The fourth-order valence-electron chi connectivity index (χ4n) is 2.05. The molecule has 0 aromatic heterocycles. The summed E-state index contributed by atoms with van der Waals surface area (Å²) in [7, 11) is 0. The Bertz CT molecular complexity index is 478. The molecular weight excluding hydrogens is 204 g/mol. The maximum absolute atomic E-state index is 2.25. The Morgan fingerprint density at radius 3 is 2.12 bits per heavy atom. The first-order valence-corrected chi connectivity index (χ1v) is 6.30. The standard InChI is InChI=1S/C17H20/c1-13(2)16-10-8-15(9-11-16)12-17-7-5-4-6-14(17)3/h4-11,13H,12H2,1-3H3. The molecular formula is C17H20. The molecule has 2 aromatic rings. The summed E-state index contributed by atoms with van der Waals surface area (Å²) in [6.07, 6.45) is 1.03. The highest BCUT2D eigenvalue weighted by Gasteiger charge is 2.01. The Hall–Kier alpha value is -1.56. The molecule has 0 heterocycles. The normalized spacial score (nSPS) is 10.8. The van der Waals surface area contributed by atoms with Gasteiger partial charge in [-0.25, -0.2) is 0 Å². The molecule has 0 aliphatic rings. The Balaban J connectivity index is 2.17. The molecule has 0 aliphatic carbocycles. The van der Waals surface area contributed by atoms with Crippen molar-refractivity contribution in [1.82, 2.24) is 0 Å². The molecule has 0 fully saturated rings. The highest BCUT2D eigenvalue weighted by molar-refractivity contribution is 5.33. The minimum absolute atomic E-state index is 0.613. The van der Waals surface area contributed by atoms with Gasteiger partial charge in [0.1, 0.15) is 0 Å². The minimum atomic E-state index is 0.613. The van der Waals surface area contributed by atoms with E-state index in [1.54, 1.807) is 0 Å². The van der Waals surface area contributed by atoms with E-state index in [0.29, 0.717) is 5.92 Å². The number of benzene rings is 2. The molecule has 0 nitrogen and oxygen atoms in total. The molecule has 17 heavy (non-hydrogen) atoms. The maximum atomic E-state index is 2.25. The van der Waals surface area contributed by atoms with Crippen molar-refractivity contribution in [2.45, 2.75) is 33.1 Å². The predicted octanol–water partition coefficient (Wildman–Crippen LogP) is 4.71. The monoisotopic (exact) mass is 224 g/mol. The summed E-state index contributed by atoms with van der Waals surface area (Å²) in [4.78, 5) is 0. The SMILES string of the molecule is Cc1ccccc1Cc1ccc(C(C)C)cc1. The second-order valence-electron chi connectivity index (χ2n) is 5.00. The topological polar surface area (TPSA) is 0 Å². The summed E-state index contributed by atoms with van der Waals surface area (Å²) in [5.74, 6) is 0.613. The van der Waals surface area contributed by atoms with Crippen molar-refractivity contribution in [1.29, 1.82) is 0 Å². The fraction of sp³-hybridized carbons (Fsp3) is 0.294. The van der Waals surface area contributed by atoms with Crippen LogP contribution in [0, 0.1) is 6.92 Å². The summed E-state index contributed by atoms with van der Waals surface area (Å²) in [5, 5.41) is 0. The number of hydrogen-bond acceptors (Lipinski definition) is 0. The Kier molecular flexibility index (Phi) is 3.63. The van der Waals surface area contributed by atoms with Crippen molar-refractivity contribution in [3.8, 4) is 0 Å². The lowest BCUT2D eigenvalue weighted by atomic mass is 9.97. The van der Waals surface area contributed by atoms with Crippen molar-refractivity contribution < 1.29 is 0 Å². The van der Waals surface area contributed by atoms with Crippen LogP contribution in [0.4, 0.5) is 0 Å². The van der Waals surface area contributed by atoms with Crippen LogP contribution in [0.2, 0.25) is 0 Å². The van der Waals surface area contributed by atoms with E-state index >= 15 is 0 Å². The molecule has 0 radical (unpaired) electrons. The van der Waals surface area contributed by atoms with E-state index in [0.717, 1.165) is 6.42 Å². The molecule has 0 saturated carbocycles. The van der Waals surface area contributed by atoms with Crippen LogP contribution < -0.4 is 0 Å². The van der Waals surface area contributed by atoms with Crippen LogP contribution in [0.1, 0.15) is 42.0 Å². The molecule has 0 aliphatic heterocycles. The lowest BCUT2D eigenvalue weighted by molar-refractivity contribution is 0.865. The third kappa shape index (κ3) is 2.97. The van der Waals surface area contributed by atoms with Crippen LogP contribution in [0.15, 0.2) is 48.5 Å². The first kappa shape index (κ1) is 11.9. The van der Waals surface area contributed by atoms with E-state index in [4.69, 9.17) is 0 Å². The third-order valence-electron chi connectivity index (χ3n) is 3.30. The van der Waals surface area contributed by atoms with Crippen molar-refractivity contribution >= 4 is 0 Å². The van der Waals surface area contributed by atoms with Crippen LogP contribution in [0.25, 0.3) is 0 Å². The van der Waals surface area contributed by atoms with Crippen LogP contribution >= 0.6 is 0 Å². The molecule has 0 spiro atoms. The molecule has 0 atom stereocenters. The Morgan fingerprint density at radius 2 is 1.53 bits per heavy atom. The van der Waals surface area contributed by atoms with Crippen molar-refractivity contribution in [2.75, 3.05) is 0 Å². The minimum Gasteiger partial charge on any atom is -0.0620 e. The van der Waals surface area contributed by atoms with Gasteiger partial charge >= 0.3 is 0 Å². The largest absolute Gasteiger partial charge is 0.0620 e.